The minimum Gasteiger partial charge on any atom is -0.497 e. The number of rotatable bonds is 7. The van der Waals surface area contributed by atoms with E-state index in [1.165, 1.54) is 5.56 Å². The number of methoxy groups -OCH3 is 1. The monoisotopic (exact) mass is 326 g/mol. The van der Waals surface area contributed by atoms with E-state index in [4.69, 9.17) is 4.74 Å². The van der Waals surface area contributed by atoms with Crippen LogP contribution in [-0.4, -0.2) is 19.7 Å². The highest BCUT2D eigenvalue weighted by molar-refractivity contribution is 5.74. The maximum atomic E-state index is 12.1. The lowest BCUT2D eigenvalue weighted by molar-refractivity contribution is 0.230. The second kappa shape index (κ2) is 8.39. The zero-order valence-corrected chi connectivity index (χ0v) is 14.6. The largest absolute Gasteiger partial charge is 0.497 e. The van der Waals surface area contributed by atoms with Crippen molar-refractivity contribution < 1.29 is 9.53 Å². The first-order valence-corrected chi connectivity index (χ1v) is 8.26. The first-order chi connectivity index (χ1) is 11.5. The number of aryl methyl sites for hydroxylation is 1. The molecule has 2 rings (SSSR count). The lowest BCUT2D eigenvalue weighted by Crippen LogP contribution is -2.46. The molecule has 0 bridgehead atoms. The molecule has 0 saturated heterocycles. The second-order valence-electron chi connectivity index (χ2n) is 6.32. The number of hydrogen-bond donors (Lipinski definition) is 2. The lowest BCUT2D eigenvalue weighted by Gasteiger charge is -2.27. The van der Waals surface area contributed by atoms with Crippen LogP contribution in [-0.2, 0) is 12.0 Å². The van der Waals surface area contributed by atoms with Gasteiger partial charge in [-0.15, -0.1) is 0 Å². The van der Waals surface area contributed by atoms with Gasteiger partial charge < -0.3 is 15.4 Å². The van der Waals surface area contributed by atoms with Gasteiger partial charge in [-0.1, -0.05) is 42.5 Å². The van der Waals surface area contributed by atoms with E-state index >= 15 is 0 Å². The molecular formula is C20H26N2O2. The van der Waals surface area contributed by atoms with Gasteiger partial charge in [0.2, 0.25) is 0 Å². The predicted molar refractivity (Wildman–Crippen MR) is 97.3 cm³/mol. The summed E-state index contributed by atoms with van der Waals surface area (Å²) in [6.45, 7) is 4.62. The van der Waals surface area contributed by atoms with Crippen LogP contribution in [0.2, 0.25) is 0 Å². The van der Waals surface area contributed by atoms with Crippen LogP contribution in [0.5, 0.6) is 5.75 Å². The van der Waals surface area contributed by atoms with E-state index in [-0.39, 0.29) is 6.03 Å². The lowest BCUT2D eigenvalue weighted by atomic mass is 9.94. The Balaban J connectivity index is 1.77. The molecule has 2 amide bonds. The topological polar surface area (TPSA) is 50.4 Å². The third kappa shape index (κ3) is 5.30. The van der Waals surface area contributed by atoms with Crippen LogP contribution in [0.3, 0.4) is 0 Å². The SMILES string of the molecule is COc1ccc(C(C)(C)NC(=O)NCCCc2ccccc2)cc1. The molecule has 2 aromatic rings. The molecule has 4 heteroatoms. The van der Waals surface area contributed by atoms with E-state index < -0.39 is 5.54 Å². The highest BCUT2D eigenvalue weighted by atomic mass is 16.5. The fraction of sp³-hybridized carbons (Fsp3) is 0.350. The van der Waals surface area contributed by atoms with Crippen LogP contribution in [0.4, 0.5) is 4.79 Å². The molecule has 24 heavy (non-hydrogen) atoms. The van der Waals surface area contributed by atoms with E-state index in [1.807, 2.05) is 56.3 Å². The van der Waals surface area contributed by atoms with Crippen LogP contribution in [0.25, 0.3) is 0 Å². The Morgan fingerprint density at radius 1 is 1.04 bits per heavy atom. The summed E-state index contributed by atoms with van der Waals surface area (Å²) in [6, 6.07) is 17.9. The van der Waals surface area contributed by atoms with Gasteiger partial charge in [-0.05, 0) is 49.9 Å². The Kier molecular flexibility index (Phi) is 6.24. The standard InChI is InChI=1S/C20H26N2O2/c1-20(2,17-11-13-18(24-3)14-12-17)22-19(23)21-15-7-10-16-8-5-4-6-9-16/h4-6,8-9,11-14H,7,10,15H2,1-3H3,(H2,21,22,23). The van der Waals surface area contributed by atoms with Crippen molar-refractivity contribution in [1.29, 1.82) is 0 Å². The number of carbonyl (C=O) groups excluding carboxylic acids is 1. The quantitative estimate of drug-likeness (QED) is 0.759. The first-order valence-electron chi connectivity index (χ1n) is 8.26. The Bertz CT molecular complexity index is 636. The Hall–Kier alpha value is -2.49. The molecule has 0 aliphatic heterocycles. The summed E-state index contributed by atoms with van der Waals surface area (Å²) in [7, 11) is 1.64. The average molecular weight is 326 g/mol. The van der Waals surface area contributed by atoms with Gasteiger partial charge in [-0.3, -0.25) is 0 Å². The van der Waals surface area contributed by atoms with Gasteiger partial charge >= 0.3 is 6.03 Å². The number of benzene rings is 2. The number of hydrogen-bond acceptors (Lipinski definition) is 2. The molecule has 0 radical (unpaired) electrons. The summed E-state index contributed by atoms with van der Waals surface area (Å²) < 4.78 is 5.17. The maximum absolute atomic E-state index is 12.1. The smallest absolute Gasteiger partial charge is 0.315 e. The molecule has 2 aromatic carbocycles. The highest BCUT2D eigenvalue weighted by Crippen LogP contribution is 2.22. The number of carbonyl (C=O) groups is 1. The maximum Gasteiger partial charge on any atom is 0.315 e. The molecule has 0 fully saturated rings. The fourth-order valence-electron chi connectivity index (χ4n) is 2.55. The van der Waals surface area contributed by atoms with E-state index in [0.29, 0.717) is 6.54 Å². The van der Waals surface area contributed by atoms with Crippen LogP contribution >= 0.6 is 0 Å². The van der Waals surface area contributed by atoms with Gasteiger partial charge in [0.1, 0.15) is 5.75 Å². The van der Waals surface area contributed by atoms with E-state index in [9.17, 15) is 4.79 Å². The van der Waals surface area contributed by atoms with Gasteiger partial charge in [0.15, 0.2) is 0 Å². The van der Waals surface area contributed by atoms with Crippen molar-refractivity contribution in [3.63, 3.8) is 0 Å². The third-order valence-electron chi connectivity index (χ3n) is 4.01. The van der Waals surface area contributed by atoms with Gasteiger partial charge in [-0.2, -0.15) is 0 Å². The predicted octanol–water partition coefficient (Wildman–Crippen LogP) is 3.86. The number of amides is 2. The molecule has 0 unspecified atom stereocenters. The average Bonchev–Trinajstić information content (AvgIpc) is 2.59. The van der Waals surface area contributed by atoms with Crippen molar-refractivity contribution in [2.75, 3.05) is 13.7 Å². The zero-order chi connectivity index (χ0) is 17.4. The summed E-state index contributed by atoms with van der Waals surface area (Å²) in [5, 5.41) is 5.94. The Morgan fingerprint density at radius 2 is 1.71 bits per heavy atom. The molecule has 2 N–H and O–H groups in total. The van der Waals surface area contributed by atoms with Crippen molar-refractivity contribution in [3.05, 3.63) is 65.7 Å². The third-order valence-corrected chi connectivity index (χ3v) is 4.01. The van der Waals surface area contributed by atoms with Crippen LogP contribution in [0, 0.1) is 0 Å². The van der Waals surface area contributed by atoms with E-state index in [2.05, 4.69) is 22.8 Å². The molecule has 128 valence electrons. The molecule has 0 spiro atoms. The first kappa shape index (κ1) is 17.9. The number of nitrogens with one attached hydrogen (secondary N) is 2. The van der Waals surface area contributed by atoms with Crippen molar-refractivity contribution in [1.82, 2.24) is 10.6 Å². The molecule has 0 atom stereocenters. The fourth-order valence-corrected chi connectivity index (χ4v) is 2.55. The van der Waals surface area contributed by atoms with Crippen molar-refractivity contribution in [3.8, 4) is 5.75 Å². The van der Waals surface area contributed by atoms with Gasteiger partial charge in [0.25, 0.3) is 0 Å². The number of ether oxygens (including phenoxy) is 1. The second-order valence-corrected chi connectivity index (χ2v) is 6.32. The normalized spacial score (nSPS) is 11.0. The summed E-state index contributed by atoms with van der Waals surface area (Å²) in [5.41, 5.74) is 1.87. The zero-order valence-electron chi connectivity index (χ0n) is 14.6. The highest BCUT2D eigenvalue weighted by Gasteiger charge is 2.22. The molecule has 0 heterocycles. The molecular weight excluding hydrogens is 300 g/mol. The Morgan fingerprint density at radius 3 is 2.33 bits per heavy atom. The molecule has 0 aliphatic carbocycles. The van der Waals surface area contributed by atoms with Crippen molar-refractivity contribution >= 4 is 6.03 Å². The van der Waals surface area contributed by atoms with E-state index in [1.54, 1.807) is 7.11 Å². The molecule has 0 aliphatic rings. The summed E-state index contributed by atoms with van der Waals surface area (Å²) in [5.74, 6) is 0.805. The van der Waals surface area contributed by atoms with Crippen LogP contribution in [0.1, 0.15) is 31.4 Å². The van der Waals surface area contributed by atoms with Gasteiger partial charge in [0, 0.05) is 6.54 Å². The summed E-state index contributed by atoms with van der Waals surface area (Å²) >= 11 is 0. The Labute approximate surface area is 144 Å². The molecule has 0 aromatic heterocycles. The van der Waals surface area contributed by atoms with Crippen molar-refractivity contribution in [2.24, 2.45) is 0 Å². The van der Waals surface area contributed by atoms with Crippen LogP contribution in [0.15, 0.2) is 54.6 Å². The summed E-state index contributed by atoms with van der Waals surface area (Å²) in [6.07, 6.45) is 1.88. The van der Waals surface area contributed by atoms with Gasteiger partial charge in [-0.25, -0.2) is 4.79 Å². The van der Waals surface area contributed by atoms with E-state index in [0.717, 1.165) is 24.2 Å². The van der Waals surface area contributed by atoms with Gasteiger partial charge in [0.05, 0.1) is 12.6 Å². The molecule has 4 nitrogen and oxygen atoms in total. The summed E-state index contributed by atoms with van der Waals surface area (Å²) in [4.78, 5) is 12.1. The minimum absolute atomic E-state index is 0.149. The van der Waals surface area contributed by atoms with Crippen LogP contribution < -0.4 is 15.4 Å². The van der Waals surface area contributed by atoms with Crippen molar-refractivity contribution in [2.45, 2.75) is 32.2 Å². The minimum atomic E-state index is -0.449. The molecule has 0 saturated carbocycles. The number of urea groups is 1.